The largest absolute Gasteiger partial charge is 0.300 e. The zero-order valence-electron chi connectivity index (χ0n) is 15.7. The molecule has 1 saturated heterocycles. The van der Waals surface area contributed by atoms with E-state index in [4.69, 9.17) is 0 Å². The van der Waals surface area contributed by atoms with Gasteiger partial charge in [0.1, 0.15) is 5.78 Å². The van der Waals surface area contributed by atoms with Crippen LogP contribution in [-0.2, 0) is 4.79 Å². The molecule has 2 heteroatoms. The number of hydrogen-bond acceptors (Lipinski definition) is 1. The molecule has 1 aromatic rings. The number of ketones is 1. The fraction of sp³-hybridized carbons (Fsp3) is 0.682. The van der Waals surface area contributed by atoms with Gasteiger partial charge >= 0.3 is 0 Å². The van der Waals surface area contributed by atoms with Gasteiger partial charge in [0.2, 0.25) is 0 Å². The van der Waals surface area contributed by atoms with Crippen LogP contribution >= 0.6 is 0 Å². The predicted octanol–water partition coefficient (Wildman–Crippen LogP) is 5.62. The van der Waals surface area contributed by atoms with E-state index < -0.39 is 8.07 Å². The van der Waals surface area contributed by atoms with Gasteiger partial charge in [-0.05, 0) is 31.6 Å². The quantitative estimate of drug-likeness (QED) is 0.635. The number of hydrogen-bond donors (Lipinski definition) is 0. The highest BCUT2D eigenvalue weighted by Gasteiger charge is 2.37. The molecule has 0 N–H and O–H groups in total. The first kappa shape index (κ1) is 17.9. The summed E-state index contributed by atoms with van der Waals surface area (Å²) in [6.45, 7) is 4.63. The van der Waals surface area contributed by atoms with Crippen LogP contribution in [0.25, 0.3) is 0 Å². The van der Waals surface area contributed by atoms with E-state index in [1.54, 1.807) is 5.19 Å². The molecule has 1 saturated carbocycles. The van der Waals surface area contributed by atoms with Gasteiger partial charge in [-0.25, -0.2) is 0 Å². The van der Waals surface area contributed by atoms with Gasteiger partial charge in [0, 0.05) is 12.8 Å². The Kier molecular flexibility index (Phi) is 5.96. The molecule has 1 heterocycles. The average Bonchev–Trinajstić information content (AvgIpc) is 2.62. The highest BCUT2D eigenvalue weighted by molar-refractivity contribution is 6.92. The third kappa shape index (κ3) is 4.19. The number of carbonyl (C=O) groups excluding carboxylic acids is 1. The van der Waals surface area contributed by atoms with Crippen molar-refractivity contribution in [3.05, 3.63) is 29.8 Å². The maximum Gasteiger partial charge on any atom is 0.132 e. The molecular weight excluding hydrogens is 308 g/mol. The molecule has 1 aliphatic heterocycles. The molecule has 1 aromatic carbocycles. The predicted molar refractivity (Wildman–Crippen MR) is 106 cm³/mol. The van der Waals surface area contributed by atoms with Gasteiger partial charge in [-0.15, -0.1) is 0 Å². The Balaban J connectivity index is 1.50. The van der Waals surface area contributed by atoms with E-state index in [0.717, 1.165) is 24.7 Å². The normalized spacial score (nSPS) is 28.9. The number of rotatable bonds is 5. The van der Waals surface area contributed by atoms with Crippen LogP contribution in [0.2, 0.25) is 18.1 Å². The fourth-order valence-electron chi connectivity index (χ4n) is 5.03. The van der Waals surface area contributed by atoms with Crippen molar-refractivity contribution in [3.63, 3.8) is 0 Å². The van der Waals surface area contributed by atoms with Crippen LogP contribution in [0.15, 0.2) is 24.3 Å². The Morgan fingerprint density at radius 2 is 1.46 bits per heavy atom. The van der Waals surface area contributed by atoms with Gasteiger partial charge < -0.3 is 0 Å². The molecular formula is C22H34OSi. The number of aryl methyl sites for hydroxylation is 1. The van der Waals surface area contributed by atoms with Crippen LogP contribution < -0.4 is 5.19 Å². The third-order valence-corrected chi connectivity index (χ3v) is 12.5. The van der Waals surface area contributed by atoms with Crippen molar-refractivity contribution in [1.29, 1.82) is 0 Å². The maximum atomic E-state index is 11.4. The maximum absolute atomic E-state index is 11.4. The van der Waals surface area contributed by atoms with E-state index in [0.29, 0.717) is 5.78 Å². The molecule has 3 rings (SSSR count). The van der Waals surface area contributed by atoms with E-state index >= 15 is 0 Å². The lowest BCUT2D eigenvalue weighted by atomic mass is 9.82. The van der Waals surface area contributed by atoms with Gasteiger partial charge in [0.15, 0.2) is 0 Å². The number of Topliss-reactive ketones (excluding diaryl/α,β-unsaturated/α-hetero) is 1. The molecule has 0 spiro atoms. The summed E-state index contributed by atoms with van der Waals surface area (Å²) in [5.74, 6) is 2.30. The summed E-state index contributed by atoms with van der Waals surface area (Å²) in [5.41, 5.74) is 1.39. The van der Waals surface area contributed by atoms with Gasteiger partial charge in [0.05, 0.1) is 8.07 Å². The summed E-state index contributed by atoms with van der Waals surface area (Å²) in [5, 5.41) is 1.71. The molecule has 132 valence electrons. The van der Waals surface area contributed by atoms with Crippen LogP contribution in [0, 0.1) is 18.8 Å². The molecule has 2 aliphatic rings. The van der Waals surface area contributed by atoms with Crippen LogP contribution in [0.1, 0.15) is 63.9 Å². The topological polar surface area (TPSA) is 17.1 Å². The summed E-state index contributed by atoms with van der Waals surface area (Å²) in [6, 6.07) is 13.9. The average molecular weight is 343 g/mol. The van der Waals surface area contributed by atoms with E-state index in [1.165, 1.54) is 62.2 Å². The second-order valence-electron chi connectivity index (χ2n) is 8.50. The molecule has 1 nitrogen and oxygen atoms in total. The van der Waals surface area contributed by atoms with E-state index in [-0.39, 0.29) is 0 Å². The second-order valence-corrected chi connectivity index (χ2v) is 13.3. The van der Waals surface area contributed by atoms with Crippen LogP contribution in [0.4, 0.5) is 0 Å². The standard InChI is InChI=1S/C22H34OSi/c1-3-24(22-12-4-18(2)5-13-22)16-14-20(15-17-24)7-6-19-8-10-21(23)11-9-19/h4-5,12-13,19-20H,3,6-11,14-17H2,1-2H3. The lowest BCUT2D eigenvalue weighted by Gasteiger charge is -2.39. The lowest BCUT2D eigenvalue weighted by Crippen LogP contribution is -2.49. The van der Waals surface area contributed by atoms with Crippen LogP contribution in [0.3, 0.4) is 0 Å². The van der Waals surface area contributed by atoms with Crippen molar-refractivity contribution >= 4 is 19.0 Å². The summed E-state index contributed by atoms with van der Waals surface area (Å²) in [4.78, 5) is 11.4. The minimum atomic E-state index is -1.22. The minimum Gasteiger partial charge on any atom is -0.300 e. The molecule has 2 fully saturated rings. The zero-order chi connectivity index (χ0) is 17.0. The van der Waals surface area contributed by atoms with E-state index in [2.05, 4.69) is 38.1 Å². The molecule has 0 unspecified atom stereocenters. The number of carbonyl (C=O) groups is 1. The van der Waals surface area contributed by atoms with Crippen molar-refractivity contribution in [1.82, 2.24) is 0 Å². The molecule has 0 bridgehead atoms. The van der Waals surface area contributed by atoms with E-state index in [9.17, 15) is 4.79 Å². The molecule has 0 amide bonds. The fourth-order valence-corrected chi connectivity index (χ4v) is 9.77. The minimum absolute atomic E-state index is 0.501. The van der Waals surface area contributed by atoms with Crippen molar-refractivity contribution in [2.45, 2.75) is 83.3 Å². The smallest absolute Gasteiger partial charge is 0.132 e. The summed E-state index contributed by atoms with van der Waals surface area (Å²) < 4.78 is 0. The van der Waals surface area contributed by atoms with Gasteiger partial charge in [-0.2, -0.15) is 0 Å². The Morgan fingerprint density at radius 1 is 0.917 bits per heavy atom. The summed E-state index contributed by atoms with van der Waals surface area (Å²) >= 11 is 0. The number of benzene rings is 1. The summed E-state index contributed by atoms with van der Waals surface area (Å²) in [6.07, 6.45) is 9.76. The van der Waals surface area contributed by atoms with Crippen molar-refractivity contribution in [2.24, 2.45) is 11.8 Å². The highest BCUT2D eigenvalue weighted by atomic mass is 28.3. The highest BCUT2D eigenvalue weighted by Crippen LogP contribution is 2.38. The Labute approximate surface area is 149 Å². The molecule has 0 aromatic heterocycles. The van der Waals surface area contributed by atoms with Crippen molar-refractivity contribution < 1.29 is 4.79 Å². The van der Waals surface area contributed by atoms with Gasteiger partial charge in [-0.3, -0.25) is 4.79 Å². The summed E-state index contributed by atoms with van der Waals surface area (Å²) in [7, 11) is -1.22. The van der Waals surface area contributed by atoms with Crippen molar-refractivity contribution in [3.8, 4) is 0 Å². The molecule has 24 heavy (non-hydrogen) atoms. The molecule has 0 atom stereocenters. The van der Waals surface area contributed by atoms with E-state index in [1.807, 2.05) is 0 Å². The second kappa shape index (κ2) is 7.99. The van der Waals surface area contributed by atoms with Crippen molar-refractivity contribution in [2.75, 3.05) is 0 Å². The first-order chi connectivity index (χ1) is 11.6. The zero-order valence-corrected chi connectivity index (χ0v) is 16.7. The molecule has 1 aliphatic carbocycles. The lowest BCUT2D eigenvalue weighted by molar-refractivity contribution is -0.121. The first-order valence-electron chi connectivity index (χ1n) is 10.2. The van der Waals surface area contributed by atoms with Gasteiger partial charge in [0.25, 0.3) is 0 Å². The Hall–Kier alpha value is -0.893. The first-order valence-corrected chi connectivity index (χ1v) is 12.8. The van der Waals surface area contributed by atoms with Crippen LogP contribution in [0.5, 0.6) is 0 Å². The SMILES string of the molecule is CC[Si]1(c2ccc(C)cc2)CCC(CCC2CCC(=O)CC2)CC1. The van der Waals surface area contributed by atoms with Gasteiger partial charge in [-0.1, -0.05) is 85.8 Å². The third-order valence-electron chi connectivity index (χ3n) is 7.05. The Morgan fingerprint density at radius 3 is 2.00 bits per heavy atom. The van der Waals surface area contributed by atoms with Crippen LogP contribution in [-0.4, -0.2) is 13.9 Å². The molecule has 0 radical (unpaired) electrons. The Bertz CT molecular complexity index is 530. The monoisotopic (exact) mass is 342 g/mol.